The van der Waals surface area contributed by atoms with Gasteiger partial charge in [-0.05, 0) is 59.6 Å². The number of aromatic nitrogens is 1. The number of aryl methyl sites for hydroxylation is 1. The Morgan fingerprint density at radius 2 is 1.90 bits per heavy atom. The summed E-state index contributed by atoms with van der Waals surface area (Å²) in [6.45, 7) is 1.79. The molecule has 1 aromatic heterocycles. The van der Waals surface area contributed by atoms with Crippen molar-refractivity contribution in [3.05, 3.63) is 76.2 Å². The van der Waals surface area contributed by atoms with Crippen LogP contribution in [0.1, 0.15) is 41.5 Å². The number of nitrogens with one attached hydrogen (secondary N) is 2. The summed E-state index contributed by atoms with van der Waals surface area (Å²) in [6, 6.07) is 15.2. The average Bonchev–Trinajstić information content (AvgIpc) is 3.43. The molecule has 154 valence electrons. The second-order valence-electron chi connectivity index (χ2n) is 8.17. The molecule has 31 heavy (non-hydrogen) atoms. The number of aliphatic hydroxyl groups is 1. The summed E-state index contributed by atoms with van der Waals surface area (Å²) in [7, 11) is 0. The molecule has 3 aromatic rings. The second-order valence-corrected chi connectivity index (χ2v) is 8.17. The van der Waals surface area contributed by atoms with Crippen LogP contribution in [-0.4, -0.2) is 29.8 Å². The molecule has 2 heterocycles. The summed E-state index contributed by atoms with van der Waals surface area (Å²) in [4.78, 5) is 3.44. The van der Waals surface area contributed by atoms with Crippen molar-refractivity contribution < 1.29 is 56.5 Å². The Morgan fingerprint density at radius 1 is 1.00 bits per heavy atom. The number of unbranched alkanes of at least 4 members (excludes halogenated alkanes) is 1. The molecule has 0 unspecified atom stereocenters. The third-order valence-corrected chi connectivity index (χ3v) is 6.21. The monoisotopic (exact) mass is 437 g/mol. The molecule has 2 aliphatic rings. The van der Waals surface area contributed by atoms with Crippen LogP contribution < -0.4 is 56.7 Å². The van der Waals surface area contributed by atoms with Crippen molar-refractivity contribution in [1.29, 1.82) is 0 Å². The van der Waals surface area contributed by atoms with Crippen LogP contribution in [0, 0.1) is 0 Å². The summed E-state index contributed by atoms with van der Waals surface area (Å²) in [6.07, 6.45) is 9.84. The third kappa shape index (κ3) is 4.87. The van der Waals surface area contributed by atoms with Gasteiger partial charge < -0.3 is 20.7 Å². The molecular formula is C26H28KN3O. The van der Waals surface area contributed by atoms with Crippen LogP contribution in [0.5, 0.6) is 0 Å². The SMILES string of the molecule is OCCCC[N-]c1cccc(C2=Cc3c(-c4cccc5c4CCC5)c[nH]c3NC2)c1.[K+]. The summed E-state index contributed by atoms with van der Waals surface area (Å²) in [5.74, 6) is 1.11. The van der Waals surface area contributed by atoms with Gasteiger partial charge in [0.05, 0.1) is 0 Å². The van der Waals surface area contributed by atoms with Gasteiger partial charge in [-0.3, -0.25) is 0 Å². The van der Waals surface area contributed by atoms with E-state index >= 15 is 0 Å². The first-order valence-electron chi connectivity index (χ1n) is 11.0. The average molecular weight is 438 g/mol. The van der Waals surface area contributed by atoms with E-state index in [0.717, 1.165) is 37.4 Å². The van der Waals surface area contributed by atoms with Gasteiger partial charge in [0.1, 0.15) is 5.82 Å². The van der Waals surface area contributed by atoms with Crippen molar-refractivity contribution in [3.63, 3.8) is 0 Å². The number of H-pyrrole nitrogens is 1. The minimum atomic E-state index is 0. The molecule has 3 N–H and O–H groups in total. The van der Waals surface area contributed by atoms with Crippen LogP contribution in [0.4, 0.5) is 11.5 Å². The van der Waals surface area contributed by atoms with Crippen LogP contribution in [-0.2, 0) is 12.8 Å². The smallest absolute Gasteiger partial charge is 0.684 e. The predicted molar refractivity (Wildman–Crippen MR) is 125 cm³/mol. The maximum absolute atomic E-state index is 8.94. The van der Waals surface area contributed by atoms with Crippen molar-refractivity contribution in [3.8, 4) is 11.1 Å². The third-order valence-electron chi connectivity index (χ3n) is 6.21. The van der Waals surface area contributed by atoms with Gasteiger partial charge in [-0.15, -0.1) is 12.2 Å². The molecule has 4 nitrogen and oxygen atoms in total. The molecule has 0 fully saturated rings. The fourth-order valence-electron chi connectivity index (χ4n) is 4.66. The van der Waals surface area contributed by atoms with Crippen LogP contribution in [0.25, 0.3) is 28.1 Å². The Hall–Kier alpha value is -1.34. The fourth-order valence-corrected chi connectivity index (χ4v) is 4.66. The van der Waals surface area contributed by atoms with E-state index in [4.69, 9.17) is 5.11 Å². The Bertz CT molecular complexity index is 1090. The Kier molecular flexibility index (Phi) is 7.75. The first-order chi connectivity index (χ1) is 14.8. The van der Waals surface area contributed by atoms with Crippen molar-refractivity contribution >= 4 is 23.2 Å². The zero-order valence-corrected chi connectivity index (χ0v) is 21.4. The van der Waals surface area contributed by atoms with Crippen LogP contribution in [0.15, 0.2) is 48.7 Å². The number of aromatic amines is 1. The molecule has 0 amide bonds. The van der Waals surface area contributed by atoms with E-state index in [1.165, 1.54) is 58.2 Å². The minimum Gasteiger partial charge on any atom is -0.684 e. The fraction of sp³-hybridized carbons (Fsp3) is 0.308. The number of aliphatic hydroxyl groups excluding tert-OH is 1. The largest absolute Gasteiger partial charge is 1.00 e. The van der Waals surface area contributed by atoms with Crippen molar-refractivity contribution in [1.82, 2.24) is 4.98 Å². The van der Waals surface area contributed by atoms with Gasteiger partial charge in [0, 0.05) is 30.5 Å². The van der Waals surface area contributed by atoms with E-state index in [-0.39, 0.29) is 58.0 Å². The minimum absolute atomic E-state index is 0. The number of hydrogen-bond donors (Lipinski definition) is 3. The van der Waals surface area contributed by atoms with Gasteiger partial charge in [0.15, 0.2) is 0 Å². The van der Waals surface area contributed by atoms with E-state index < -0.39 is 0 Å². The molecule has 0 bridgehead atoms. The van der Waals surface area contributed by atoms with Gasteiger partial charge in [0.2, 0.25) is 0 Å². The zero-order chi connectivity index (χ0) is 20.3. The molecule has 0 atom stereocenters. The molecule has 0 spiro atoms. The van der Waals surface area contributed by atoms with Gasteiger partial charge >= 0.3 is 51.4 Å². The van der Waals surface area contributed by atoms with E-state index in [1.807, 2.05) is 0 Å². The molecule has 5 heteroatoms. The Labute approximate surface area is 227 Å². The molecule has 1 aliphatic carbocycles. The number of anilines is 1. The predicted octanol–water partition coefficient (Wildman–Crippen LogP) is 2.92. The summed E-state index contributed by atoms with van der Waals surface area (Å²) >= 11 is 0. The summed E-state index contributed by atoms with van der Waals surface area (Å²) < 4.78 is 0. The normalized spacial score (nSPS) is 14.2. The van der Waals surface area contributed by atoms with Crippen LogP contribution in [0.3, 0.4) is 0 Å². The molecule has 0 saturated heterocycles. The Morgan fingerprint density at radius 3 is 2.81 bits per heavy atom. The van der Waals surface area contributed by atoms with Crippen molar-refractivity contribution in [2.75, 3.05) is 25.0 Å². The molecule has 0 saturated carbocycles. The van der Waals surface area contributed by atoms with Crippen molar-refractivity contribution in [2.24, 2.45) is 0 Å². The topological polar surface area (TPSA) is 62.1 Å². The number of hydrogen-bond acceptors (Lipinski definition) is 2. The Balaban J connectivity index is 0.00000231. The van der Waals surface area contributed by atoms with Gasteiger partial charge in [-0.1, -0.05) is 48.9 Å². The first kappa shape index (κ1) is 22.8. The summed E-state index contributed by atoms with van der Waals surface area (Å²) in [5, 5.41) is 17.2. The molecule has 1 aliphatic heterocycles. The van der Waals surface area contributed by atoms with Gasteiger partial charge in [0.25, 0.3) is 0 Å². The quantitative estimate of drug-likeness (QED) is 0.393. The zero-order valence-electron chi connectivity index (χ0n) is 18.2. The maximum Gasteiger partial charge on any atom is 1.00 e. The number of nitrogens with zero attached hydrogens (tertiary/aromatic N) is 1. The summed E-state index contributed by atoms with van der Waals surface area (Å²) in [5.41, 5.74) is 10.4. The van der Waals surface area contributed by atoms with Gasteiger partial charge in [-0.2, -0.15) is 0 Å². The molecule has 0 radical (unpaired) electrons. The van der Waals surface area contributed by atoms with Gasteiger partial charge in [-0.25, -0.2) is 0 Å². The van der Waals surface area contributed by atoms with Crippen molar-refractivity contribution in [2.45, 2.75) is 32.1 Å². The van der Waals surface area contributed by atoms with Crippen LogP contribution in [0.2, 0.25) is 0 Å². The van der Waals surface area contributed by atoms with E-state index in [1.54, 1.807) is 0 Å². The van der Waals surface area contributed by atoms with E-state index in [0.29, 0.717) is 0 Å². The number of rotatable bonds is 7. The molecule has 2 aromatic carbocycles. The number of benzene rings is 2. The standard InChI is InChI=1S/C26H28N3O.K/c30-13-2-1-12-27-21-9-3-8-19(14-21)20-15-24-25(17-29-26(24)28-16-20)23-11-5-7-18-6-4-10-22(18)23;/h3,5,7-9,11,14-15,17,28-30H,1-2,4,6,10,12-13,16H2;/q-1;+1. The first-order valence-corrected chi connectivity index (χ1v) is 11.0. The maximum atomic E-state index is 8.94. The van der Waals surface area contributed by atoms with Crippen LogP contribution >= 0.6 is 0 Å². The molecular weight excluding hydrogens is 409 g/mol. The second kappa shape index (κ2) is 10.5. The number of fused-ring (bicyclic) bond motifs is 2. The molecule has 5 rings (SSSR count). The van der Waals surface area contributed by atoms with E-state index in [2.05, 4.69) is 70.4 Å². The van der Waals surface area contributed by atoms with E-state index in [9.17, 15) is 0 Å².